The Kier molecular flexibility index (Phi) is 2.61. The molecule has 3 N–H and O–H groups in total. The molecule has 5 nitrogen and oxygen atoms in total. The Hall–Kier alpha value is -1.53. The van der Waals surface area contributed by atoms with Crippen LogP contribution in [0.1, 0.15) is 17.4 Å². The number of H-pyrrole nitrogens is 1. The Labute approximate surface area is 89.4 Å². The monoisotopic (exact) mass is 227 g/mol. The molecule has 0 amide bonds. The fourth-order valence-electron chi connectivity index (χ4n) is 1.19. The lowest BCUT2D eigenvalue weighted by molar-refractivity contribution is 0.626. The van der Waals surface area contributed by atoms with E-state index in [-0.39, 0.29) is 5.02 Å². The molecular formula is C8H7ClFN5. The summed E-state index contributed by atoms with van der Waals surface area (Å²) in [6, 6.07) is 3.35. The third-order valence-corrected chi connectivity index (χ3v) is 2.26. The molecule has 1 aromatic heterocycles. The van der Waals surface area contributed by atoms with E-state index in [4.69, 9.17) is 17.3 Å². The van der Waals surface area contributed by atoms with E-state index in [2.05, 4.69) is 20.6 Å². The van der Waals surface area contributed by atoms with Gasteiger partial charge in [-0.25, -0.2) is 4.39 Å². The second-order valence-corrected chi connectivity index (χ2v) is 3.32. The van der Waals surface area contributed by atoms with Crippen molar-refractivity contribution in [2.45, 2.75) is 6.04 Å². The van der Waals surface area contributed by atoms with Gasteiger partial charge in [-0.3, -0.25) is 0 Å². The summed E-state index contributed by atoms with van der Waals surface area (Å²) in [5.74, 6) is -0.104. The highest BCUT2D eigenvalue weighted by Crippen LogP contribution is 2.24. The van der Waals surface area contributed by atoms with Gasteiger partial charge in [-0.2, -0.15) is 5.21 Å². The zero-order chi connectivity index (χ0) is 10.8. The van der Waals surface area contributed by atoms with Gasteiger partial charge in [-0.1, -0.05) is 22.9 Å². The quantitative estimate of drug-likeness (QED) is 0.803. The van der Waals surface area contributed by atoms with Gasteiger partial charge in [0.25, 0.3) is 0 Å². The minimum absolute atomic E-state index is 0.243. The summed E-state index contributed by atoms with van der Waals surface area (Å²) < 4.78 is 12.8. The maximum absolute atomic E-state index is 12.8. The number of nitrogens with two attached hydrogens (primary N) is 1. The number of benzene rings is 1. The molecule has 0 saturated heterocycles. The molecule has 2 rings (SSSR count). The highest BCUT2D eigenvalue weighted by molar-refractivity contribution is 6.31. The van der Waals surface area contributed by atoms with Gasteiger partial charge in [0, 0.05) is 5.02 Å². The number of aromatic nitrogens is 4. The van der Waals surface area contributed by atoms with Gasteiger partial charge >= 0.3 is 0 Å². The molecule has 0 aliphatic heterocycles. The van der Waals surface area contributed by atoms with Crippen molar-refractivity contribution in [1.29, 1.82) is 0 Å². The molecule has 0 aliphatic carbocycles. The van der Waals surface area contributed by atoms with E-state index in [1.165, 1.54) is 18.2 Å². The second-order valence-electron chi connectivity index (χ2n) is 2.91. The molecule has 1 atom stereocenters. The maximum atomic E-state index is 12.8. The average molecular weight is 228 g/mol. The molecule has 1 aromatic carbocycles. The highest BCUT2D eigenvalue weighted by atomic mass is 35.5. The Bertz CT molecular complexity index is 458. The predicted molar refractivity (Wildman–Crippen MR) is 51.6 cm³/mol. The van der Waals surface area contributed by atoms with Crippen molar-refractivity contribution in [3.8, 4) is 0 Å². The minimum Gasteiger partial charge on any atom is -0.317 e. The van der Waals surface area contributed by atoms with E-state index in [9.17, 15) is 4.39 Å². The molecule has 1 heterocycles. The number of nitrogens with zero attached hydrogens (tertiary/aromatic N) is 3. The number of nitrogens with one attached hydrogen (secondary N) is 1. The van der Waals surface area contributed by atoms with Gasteiger partial charge < -0.3 is 5.73 Å². The van der Waals surface area contributed by atoms with Crippen LogP contribution in [0.15, 0.2) is 18.2 Å². The fourth-order valence-corrected chi connectivity index (χ4v) is 1.48. The van der Waals surface area contributed by atoms with Crippen LogP contribution in [0, 0.1) is 5.82 Å². The van der Waals surface area contributed by atoms with Gasteiger partial charge in [0.05, 0.1) is 6.04 Å². The fraction of sp³-hybridized carbons (Fsp3) is 0.125. The number of tetrazole rings is 1. The van der Waals surface area contributed by atoms with Crippen molar-refractivity contribution < 1.29 is 4.39 Å². The van der Waals surface area contributed by atoms with Crippen LogP contribution in [-0.4, -0.2) is 20.6 Å². The first-order chi connectivity index (χ1) is 7.18. The summed E-state index contributed by atoms with van der Waals surface area (Å²) in [6.45, 7) is 0. The van der Waals surface area contributed by atoms with Crippen LogP contribution in [0.25, 0.3) is 0 Å². The predicted octanol–water partition coefficient (Wildman–Crippen LogP) is 1.04. The van der Waals surface area contributed by atoms with Crippen LogP contribution in [0.2, 0.25) is 5.02 Å². The average Bonchev–Trinajstić information content (AvgIpc) is 2.69. The van der Waals surface area contributed by atoms with Crippen LogP contribution in [0.4, 0.5) is 4.39 Å². The van der Waals surface area contributed by atoms with Gasteiger partial charge in [0.1, 0.15) is 5.82 Å². The van der Waals surface area contributed by atoms with E-state index in [1.807, 2.05) is 0 Å². The third-order valence-electron chi connectivity index (χ3n) is 1.94. The molecule has 0 saturated carbocycles. The number of hydrogen-bond acceptors (Lipinski definition) is 4. The molecule has 78 valence electrons. The van der Waals surface area contributed by atoms with Crippen molar-refractivity contribution in [2.24, 2.45) is 5.73 Å². The molecule has 0 spiro atoms. The number of aromatic amines is 1. The summed E-state index contributed by atoms with van der Waals surface area (Å²) in [6.07, 6.45) is 0. The standard InChI is InChI=1S/C8H7ClFN5/c9-6-3-4(10)1-2-5(6)7(11)8-12-14-15-13-8/h1-3,7H,11H2,(H,12,13,14,15). The van der Waals surface area contributed by atoms with Gasteiger partial charge in [0.2, 0.25) is 0 Å². The summed E-state index contributed by atoms with van der Waals surface area (Å²) in [5, 5.41) is 13.4. The summed E-state index contributed by atoms with van der Waals surface area (Å²) in [5.41, 5.74) is 6.37. The lowest BCUT2D eigenvalue weighted by Crippen LogP contribution is -2.14. The van der Waals surface area contributed by atoms with E-state index >= 15 is 0 Å². The van der Waals surface area contributed by atoms with Gasteiger partial charge in [0.15, 0.2) is 5.82 Å². The second kappa shape index (κ2) is 3.92. The molecular weight excluding hydrogens is 221 g/mol. The van der Waals surface area contributed by atoms with E-state index < -0.39 is 11.9 Å². The lowest BCUT2D eigenvalue weighted by Gasteiger charge is -2.09. The number of halogens is 2. The summed E-state index contributed by atoms with van der Waals surface area (Å²) in [4.78, 5) is 0. The minimum atomic E-state index is -0.614. The van der Waals surface area contributed by atoms with Crippen LogP contribution in [-0.2, 0) is 0 Å². The highest BCUT2D eigenvalue weighted by Gasteiger charge is 2.16. The SMILES string of the molecule is NC(c1nn[nH]n1)c1ccc(F)cc1Cl. The van der Waals surface area contributed by atoms with Crippen LogP contribution < -0.4 is 5.73 Å². The van der Waals surface area contributed by atoms with Crippen LogP contribution in [0.5, 0.6) is 0 Å². The van der Waals surface area contributed by atoms with Crippen LogP contribution in [0.3, 0.4) is 0 Å². The smallest absolute Gasteiger partial charge is 0.195 e. The molecule has 2 aromatic rings. The lowest BCUT2D eigenvalue weighted by atomic mass is 10.1. The molecule has 0 fully saturated rings. The molecule has 15 heavy (non-hydrogen) atoms. The molecule has 7 heteroatoms. The molecule has 0 radical (unpaired) electrons. The zero-order valence-corrected chi connectivity index (χ0v) is 8.24. The Morgan fingerprint density at radius 1 is 1.47 bits per heavy atom. The van der Waals surface area contributed by atoms with Crippen molar-refractivity contribution >= 4 is 11.6 Å². The summed E-state index contributed by atoms with van der Waals surface area (Å²) >= 11 is 5.84. The summed E-state index contributed by atoms with van der Waals surface area (Å²) in [7, 11) is 0. The van der Waals surface area contributed by atoms with E-state index in [1.54, 1.807) is 0 Å². The molecule has 1 unspecified atom stereocenters. The van der Waals surface area contributed by atoms with Crippen molar-refractivity contribution in [2.75, 3.05) is 0 Å². The maximum Gasteiger partial charge on any atom is 0.195 e. The number of hydrogen-bond donors (Lipinski definition) is 2. The van der Waals surface area contributed by atoms with Crippen molar-refractivity contribution in [1.82, 2.24) is 20.6 Å². The van der Waals surface area contributed by atoms with E-state index in [0.717, 1.165) is 0 Å². The number of rotatable bonds is 2. The third kappa shape index (κ3) is 1.95. The Balaban J connectivity index is 2.38. The Morgan fingerprint density at radius 3 is 2.87 bits per heavy atom. The zero-order valence-electron chi connectivity index (χ0n) is 7.48. The first kappa shape index (κ1) is 10.0. The largest absolute Gasteiger partial charge is 0.317 e. The van der Waals surface area contributed by atoms with Gasteiger partial charge in [-0.05, 0) is 17.7 Å². The first-order valence-electron chi connectivity index (χ1n) is 4.12. The van der Waals surface area contributed by atoms with Crippen molar-refractivity contribution in [3.63, 3.8) is 0 Å². The normalized spacial score (nSPS) is 12.7. The Morgan fingerprint density at radius 2 is 2.27 bits per heavy atom. The van der Waals surface area contributed by atoms with Crippen molar-refractivity contribution in [3.05, 3.63) is 40.4 Å². The molecule has 0 bridgehead atoms. The first-order valence-corrected chi connectivity index (χ1v) is 4.50. The topological polar surface area (TPSA) is 80.5 Å². The van der Waals surface area contributed by atoms with E-state index in [0.29, 0.717) is 11.4 Å². The van der Waals surface area contributed by atoms with Crippen LogP contribution >= 0.6 is 11.6 Å². The van der Waals surface area contributed by atoms with Gasteiger partial charge in [-0.15, -0.1) is 10.2 Å². The molecule has 0 aliphatic rings.